The summed E-state index contributed by atoms with van der Waals surface area (Å²) in [5.41, 5.74) is 0.783. The summed E-state index contributed by atoms with van der Waals surface area (Å²) in [4.78, 5) is 52.6. The van der Waals surface area contributed by atoms with E-state index in [4.69, 9.17) is 13.9 Å². The van der Waals surface area contributed by atoms with Gasteiger partial charge in [-0.1, -0.05) is 12.1 Å². The molecule has 0 saturated carbocycles. The first-order valence-electron chi connectivity index (χ1n) is 10.5. The molecule has 1 amide bonds. The maximum absolute atomic E-state index is 12.5. The Morgan fingerprint density at radius 1 is 1.06 bits per heavy atom. The van der Waals surface area contributed by atoms with Crippen molar-refractivity contribution in [3.05, 3.63) is 81.2 Å². The molecular formula is C24H21N3O7. The van der Waals surface area contributed by atoms with Crippen LogP contribution < -0.4 is 16.5 Å². The molecule has 0 bridgehead atoms. The van der Waals surface area contributed by atoms with Gasteiger partial charge in [-0.3, -0.25) is 19.5 Å². The quantitative estimate of drug-likeness (QED) is 0.327. The molecule has 2 aromatic heterocycles. The van der Waals surface area contributed by atoms with Crippen molar-refractivity contribution in [1.82, 2.24) is 9.55 Å². The van der Waals surface area contributed by atoms with Gasteiger partial charge in [-0.05, 0) is 31.2 Å². The van der Waals surface area contributed by atoms with Gasteiger partial charge >= 0.3 is 17.7 Å². The molecule has 4 rings (SSSR count). The summed E-state index contributed by atoms with van der Waals surface area (Å²) >= 11 is 0. The first-order chi connectivity index (χ1) is 16.4. The van der Waals surface area contributed by atoms with Crippen molar-refractivity contribution in [3.63, 3.8) is 0 Å². The lowest BCUT2D eigenvalue weighted by Gasteiger charge is -2.10. The average molecular weight is 463 g/mol. The molecule has 2 heterocycles. The number of fused-ring (bicyclic) bond motifs is 2. The standard InChI is InChI=1S/C24H21N3O7/c1-2-32-24(31)26-16-7-8-17-15(11-22(29)34-20(17)12-16)13-33-21(28)9-10-27-14-25-19-6-4-3-5-18(19)23(27)30/h3-8,11-12,14H,2,9-10,13H2,1H3,(H,26,31). The number of para-hydroxylation sites is 1. The zero-order valence-electron chi connectivity index (χ0n) is 18.3. The SMILES string of the molecule is CCOC(=O)Nc1ccc2c(COC(=O)CCn3cnc4ccccc4c3=O)cc(=O)oc2c1. The number of anilines is 1. The lowest BCUT2D eigenvalue weighted by Crippen LogP contribution is -2.22. The van der Waals surface area contributed by atoms with Crippen LogP contribution in [0.4, 0.5) is 10.5 Å². The zero-order valence-corrected chi connectivity index (χ0v) is 18.3. The largest absolute Gasteiger partial charge is 0.461 e. The summed E-state index contributed by atoms with van der Waals surface area (Å²) in [5.74, 6) is -0.540. The molecule has 0 fully saturated rings. The predicted molar refractivity (Wildman–Crippen MR) is 124 cm³/mol. The van der Waals surface area contributed by atoms with E-state index in [1.165, 1.54) is 23.0 Å². The second-order valence-corrected chi connectivity index (χ2v) is 7.32. The molecule has 0 atom stereocenters. The second kappa shape index (κ2) is 9.99. The fourth-order valence-electron chi connectivity index (χ4n) is 3.42. The molecule has 1 N–H and O–H groups in total. The number of aryl methyl sites for hydroxylation is 1. The second-order valence-electron chi connectivity index (χ2n) is 7.32. The van der Waals surface area contributed by atoms with Crippen molar-refractivity contribution in [2.45, 2.75) is 26.5 Å². The number of rotatable bonds is 7. The van der Waals surface area contributed by atoms with E-state index in [1.807, 2.05) is 0 Å². The molecule has 0 aliphatic carbocycles. The first kappa shape index (κ1) is 22.7. The van der Waals surface area contributed by atoms with Gasteiger partial charge in [-0.15, -0.1) is 0 Å². The Bertz CT molecular complexity index is 1490. The molecule has 0 saturated heterocycles. The lowest BCUT2D eigenvalue weighted by molar-refractivity contribution is -0.145. The molecule has 4 aromatic rings. The molecule has 2 aromatic carbocycles. The Morgan fingerprint density at radius 2 is 1.88 bits per heavy atom. The van der Waals surface area contributed by atoms with Gasteiger partial charge in [0.2, 0.25) is 0 Å². The minimum absolute atomic E-state index is 0.0487. The number of benzene rings is 2. The molecule has 0 radical (unpaired) electrons. The summed E-state index contributed by atoms with van der Waals surface area (Å²) in [6.45, 7) is 1.85. The van der Waals surface area contributed by atoms with Crippen LogP contribution in [0.5, 0.6) is 0 Å². The minimum Gasteiger partial charge on any atom is -0.461 e. The number of carbonyl (C=O) groups is 2. The van der Waals surface area contributed by atoms with E-state index in [9.17, 15) is 19.2 Å². The Kier molecular flexibility index (Phi) is 6.67. The number of hydrogen-bond acceptors (Lipinski definition) is 8. The van der Waals surface area contributed by atoms with Gasteiger partial charge in [0.25, 0.3) is 5.56 Å². The molecule has 34 heavy (non-hydrogen) atoms. The first-order valence-corrected chi connectivity index (χ1v) is 10.5. The van der Waals surface area contributed by atoms with Crippen LogP contribution in [0, 0.1) is 0 Å². The average Bonchev–Trinajstić information content (AvgIpc) is 2.82. The molecule has 0 unspecified atom stereocenters. The van der Waals surface area contributed by atoms with Gasteiger partial charge in [0.1, 0.15) is 12.2 Å². The number of nitrogens with zero attached hydrogens (tertiary/aromatic N) is 2. The Labute approximate surface area is 192 Å². The molecular weight excluding hydrogens is 442 g/mol. The van der Waals surface area contributed by atoms with Crippen LogP contribution >= 0.6 is 0 Å². The normalized spacial score (nSPS) is 10.9. The van der Waals surface area contributed by atoms with Crippen LogP contribution in [0.25, 0.3) is 21.9 Å². The van der Waals surface area contributed by atoms with E-state index in [1.54, 1.807) is 43.3 Å². The number of aromatic nitrogens is 2. The number of hydrogen-bond donors (Lipinski definition) is 1. The highest BCUT2D eigenvalue weighted by atomic mass is 16.5. The van der Waals surface area contributed by atoms with Crippen LogP contribution in [0.2, 0.25) is 0 Å². The third-order valence-corrected chi connectivity index (χ3v) is 5.03. The van der Waals surface area contributed by atoms with Crippen LogP contribution in [0.1, 0.15) is 18.9 Å². The maximum Gasteiger partial charge on any atom is 0.411 e. The van der Waals surface area contributed by atoms with Gasteiger partial charge in [0.05, 0.1) is 30.3 Å². The fraction of sp³-hybridized carbons (Fsp3) is 0.208. The van der Waals surface area contributed by atoms with Gasteiger partial charge in [-0.2, -0.15) is 0 Å². The summed E-state index contributed by atoms with van der Waals surface area (Å²) in [5, 5.41) is 3.55. The highest BCUT2D eigenvalue weighted by Gasteiger charge is 2.12. The van der Waals surface area contributed by atoms with Crippen molar-refractivity contribution in [3.8, 4) is 0 Å². The van der Waals surface area contributed by atoms with Gasteiger partial charge in [0, 0.05) is 35.3 Å². The molecule has 0 spiro atoms. The molecule has 0 aliphatic rings. The van der Waals surface area contributed by atoms with Crippen molar-refractivity contribution in [2.75, 3.05) is 11.9 Å². The summed E-state index contributed by atoms with van der Waals surface area (Å²) in [6.07, 6.45) is 0.720. The van der Waals surface area contributed by atoms with Crippen LogP contribution in [0.15, 0.2) is 68.9 Å². The summed E-state index contributed by atoms with van der Waals surface area (Å²) in [7, 11) is 0. The van der Waals surface area contributed by atoms with Crippen LogP contribution in [0.3, 0.4) is 0 Å². The number of amides is 1. The molecule has 10 nitrogen and oxygen atoms in total. The van der Waals surface area contributed by atoms with E-state index >= 15 is 0 Å². The smallest absolute Gasteiger partial charge is 0.411 e. The van der Waals surface area contributed by atoms with E-state index < -0.39 is 17.7 Å². The van der Waals surface area contributed by atoms with Gasteiger partial charge in [0.15, 0.2) is 0 Å². The van der Waals surface area contributed by atoms with Gasteiger partial charge < -0.3 is 13.9 Å². The van der Waals surface area contributed by atoms with E-state index in [0.29, 0.717) is 27.5 Å². The van der Waals surface area contributed by atoms with E-state index in [2.05, 4.69) is 10.3 Å². The highest BCUT2D eigenvalue weighted by molar-refractivity contribution is 5.90. The van der Waals surface area contributed by atoms with E-state index in [0.717, 1.165) is 0 Å². The lowest BCUT2D eigenvalue weighted by atomic mass is 10.1. The third-order valence-electron chi connectivity index (χ3n) is 5.03. The van der Waals surface area contributed by atoms with Crippen LogP contribution in [-0.2, 0) is 27.4 Å². The minimum atomic E-state index is -0.630. The van der Waals surface area contributed by atoms with Crippen molar-refractivity contribution in [2.24, 2.45) is 0 Å². The number of ether oxygens (including phenoxy) is 2. The Hall–Kier alpha value is -4.47. The molecule has 174 valence electrons. The summed E-state index contributed by atoms with van der Waals surface area (Å²) < 4.78 is 16.7. The summed E-state index contributed by atoms with van der Waals surface area (Å²) in [6, 6.07) is 12.9. The van der Waals surface area contributed by atoms with Crippen molar-refractivity contribution >= 4 is 39.6 Å². The van der Waals surface area contributed by atoms with Crippen LogP contribution in [-0.4, -0.2) is 28.2 Å². The van der Waals surface area contributed by atoms with E-state index in [-0.39, 0.29) is 37.3 Å². The Balaban J connectivity index is 1.43. The highest BCUT2D eigenvalue weighted by Crippen LogP contribution is 2.22. The van der Waals surface area contributed by atoms with Crippen molar-refractivity contribution in [1.29, 1.82) is 0 Å². The van der Waals surface area contributed by atoms with Crippen molar-refractivity contribution < 1.29 is 23.5 Å². The molecule has 0 aliphatic heterocycles. The maximum atomic E-state index is 12.5. The number of nitrogens with one attached hydrogen (secondary N) is 1. The molecule has 10 heteroatoms. The third kappa shape index (κ3) is 5.12. The predicted octanol–water partition coefficient (Wildman–Crippen LogP) is 3.20. The fourth-order valence-corrected chi connectivity index (χ4v) is 3.42. The number of esters is 1. The number of carbonyl (C=O) groups excluding carboxylic acids is 2. The zero-order chi connectivity index (χ0) is 24.1. The monoisotopic (exact) mass is 463 g/mol. The van der Waals surface area contributed by atoms with Gasteiger partial charge in [-0.25, -0.2) is 14.6 Å². The topological polar surface area (TPSA) is 130 Å². The Morgan fingerprint density at radius 3 is 2.71 bits per heavy atom.